The van der Waals surface area contributed by atoms with Crippen molar-refractivity contribution in [3.8, 4) is 0 Å². The quantitative estimate of drug-likeness (QED) is 0.659. The van der Waals surface area contributed by atoms with Gasteiger partial charge >= 0.3 is 0 Å². The summed E-state index contributed by atoms with van der Waals surface area (Å²) >= 11 is 12.1. The summed E-state index contributed by atoms with van der Waals surface area (Å²) < 4.78 is 6.40. The maximum Gasteiger partial charge on any atom is 0.225 e. The van der Waals surface area contributed by atoms with E-state index >= 15 is 0 Å². The number of nitrogens with zero attached hydrogens (tertiary/aromatic N) is 1. The van der Waals surface area contributed by atoms with Crippen molar-refractivity contribution in [2.45, 2.75) is 37.9 Å². The lowest BCUT2D eigenvalue weighted by molar-refractivity contribution is -0.152. The van der Waals surface area contributed by atoms with Gasteiger partial charge in [0.2, 0.25) is 5.91 Å². The van der Waals surface area contributed by atoms with Crippen LogP contribution in [0.5, 0.6) is 0 Å². The summed E-state index contributed by atoms with van der Waals surface area (Å²) in [4.78, 5) is 14.5. The summed E-state index contributed by atoms with van der Waals surface area (Å²) in [5.74, 6) is 0.538. The molecule has 3 nitrogen and oxygen atoms in total. The number of hydrogen-bond acceptors (Lipinski definition) is 2. The van der Waals surface area contributed by atoms with Gasteiger partial charge in [-0.1, -0.05) is 60.3 Å². The van der Waals surface area contributed by atoms with Crippen molar-refractivity contribution in [2.75, 3.05) is 13.1 Å². The zero-order valence-electron chi connectivity index (χ0n) is 15.1. The van der Waals surface area contributed by atoms with Gasteiger partial charge in [-0.25, -0.2) is 0 Å². The minimum atomic E-state index is -0.201. The fourth-order valence-corrected chi connectivity index (χ4v) is 4.20. The Morgan fingerprint density at radius 1 is 0.889 bits per heavy atom. The molecular formula is C22H23Cl2NO2. The zero-order valence-corrected chi connectivity index (χ0v) is 16.6. The van der Waals surface area contributed by atoms with Crippen molar-refractivity contribution < 1.29 is 9.53 Å². The Morgan fingerprint density at radius 3 is 1.85 bits per heavy atom. The van der Waals surface area contributed by atoms with Gasteiger partial charge in [0.1, 0.15) is 6.10 Å². The fourth-order valence-electron chi connectivity index (χ4n) is 3.95. The fraction of sp³-hybridized carbons (Fsp3) is 0.409. The molecule has 0 atom stereocenters. The van der Waals surface area contributed by atoms with Gasteiger partial charge in [0.25, 0.3) is 0 Å². The molecular weight excluding hydrogens is 381 g/mol. The van der Waals surface area contributed by atoms with Crippen LogP contribution < -0.4 is 0 Å². The van der Waals surface area contributed by atoms with Gasteiger partial charge in [0, 0.05) is 29.1 Å². The number of ether oxygens (including phenoxy) is 1. The molecule has 2 aromatic carbocycles. The second kappa shape index (κ2) is 8.22. The molecule has 0 radical (unpaired) electrons. The first-order valence-electron chi connectivity index (χ1n) is 9.55. The molecule has 0 aromatic heterocycles. The van der Waals surface area contributed by atoms with Crippen LogP contribution in [0.4, 0.5) is 0 Å². The minimum Gasteiger partial charge on any atom is -0.362 e. The number of likely N-dealkylation sites (tertiary alicyclic amines) is 1. The first-order chi connectivity index (χ1) is 13.1. The van der Waals surface area contributed by atoms with Gasteiger partial charge in [-0.05, 0) is 48.2 Å². The Bertz CT molecular complexity index is 733. The average molecular weight is 404 g/mol. The highest BCUT2D eigenvalue weighted by atomic mass is 35.5. The van der Waals surface area contributed by atoms with Crippen LogP contribution in [0.3, 0.4) is 0 Å². The Hall–Kier alpha value is -1.55. The third-order valence-electron chi connectivity index (χ3n) is 5.54. The van der Waals surface area contributed by atoms with Gasteiger partial charge < -0.3 is 9.64 Å². The molecule has 0 unspecified atom stereocenters. The number of rotatable bonds is 5. The van der Waals surface area contributed by atoms with Crippen LogP contribution >= 0.6 is 23.2 Å². The van der Waals surface area contributed by atoms with Crippen LogP contribution in [0, 0.1) is 5.92 Å². The minimum absolute atomic E-state index is 0.0479. The van der Waals surface area contributed by atoms with Crippen LogP contribution in [-0.2, 0) is 9.53 Å². The third-order valence-corrected chi connectivity index (χ3v) is 6.04. The van der Waals surface area contributed by atoms with E-state index in [4.69, 9.17) is 27.9 Å². The standard InChI is InChI=1S/C22H23Cl2NO2/c23-18-9-5-15(6-10-18)21(16-7-11-19(24)12-8-16)27-20-13-25(14-20)22(26)17-3-1-2-4-17/h5-12,17,20-21H,1-4,13-14H2. The summed E-state index contributed by atoms with van der Waals surface area (Å²) in [6, 6.07) is 15.5. The van der Waals surface area contributed by atoms with E-state index in [1.165, 1.54) is 12.8 Å². The van der Waals surface area contributed by atoms with E-state index in [9.17, 15) is 4.79 Å². The second-order valence-electron chi connectivity index (χ2n) is 7.47. The van der Waals surface area contributed by atoms with Crippen molar-refractivity contribution in [2.24, 2.45) is 5.92 Å². The summed E-state index contributed by atoms with van der Waals surface area (Å²) in [6.07, 6.45) is 4.29. The molecule has 142 valence electrons. The number of benzene rings is 2. The molecule has 4 rings (SSSR count). The van der Waals surface area contributed by atoms with E-state index in [0.717, 1.165) is 24.0 Å². The summed E-state index contributed by atoms with van der Waals surface area (Å²) in [6.45, 7) is 1.35. The normalized spacial score (nSPS) is 18.1. The Labute approximate surface area is 170 Å². The van der Waals surface area contributed by atoms with Crippen molar-refractivity contribution in [1.82, 2.24) is 4.90 Å². The van der Waals surface area contributed by atoms with Gasteiger partial charge in [-0.3, -0.25) is 4.79 Å². The topological polar surface area (TPSA) is 29.5 Å². The van der Waals surface area contributed by atoms with E-state index in [1.807, 2.05) is 53.4 Å². The first-order valence-corrected chi connectivity index (χ1v) is 10.3. The van der Waals surface area contributed by atoms with Gasteiger partial charge in [-0.15, -0.1) is 0 Å². The van der Waals surface area contributed by atoms with Gasteiger partial charge in [-0.2, -0.15) is 0 Å². The molecule has 27 heavy (non-hydrogen) atoms. The maximum atomic E-state index is 12.5. The largest absolute Gasteiger partial charge is 0.362 e. The van der Waals surface area contributed by atoms with E-state index in [1.54, 1.807) is 0 Å². The highest BCUT2D eigenvalue weighted by molar-refractivity contribution is 6.30. The average Bonchev–Trinajstić information content (AvgIpc) is 3.17. The molecule has 2 fully saturated rings. The monoisotopic (exact) mass is 403 g/mol. The van der Waals surface area contributed by atoms with Gasteiger partial charge in [0.05, 0.1) is 6.10 Å². The number of halogens is 2. The third kappa shape index (κ3) is 4.31. The van der Waals surface area contributed by atoms with E-state index < -0.39 is 0 Å². The molecule has 1 saturated carbocycles. The van der Waals surface area contributed by atoms with Crippen LogP contribution in [-0.4, -0.2) is 30.0 Å². The number of hydrogen-bond donors (Lipinski definition) is 0. The molecule has 5 heteroatoms. The van der Waals surface area contributed by atoms with Crippen molar-refractivity contribution in [3.05, 3.63) is 69.7 Å². The second-order valence-corrected chi connectivity index (χ2v) is 8.34. The van der Waals surface area contributed by atoms with E-state index in [-0.39, 0.29) is 18.1 Å². The molecule has 2 aromatic rings. The summed E-state index contributed by atoms with van der Waals surface area (Å²) in [7, 11) is 0. The van der Waals surface area contributed by atoms with Crippen molar-refractivity contribution >= 4 is 29.1 Å². The summed E-state index contributed by atoms with van der Waals surface area (Å²) in [5.41, 5.74) is 2.09. The first kappa shape index (κ1) is 18.8. The maximum absolute atomic E-state index is 12.5. The predicted molar refractivity (Wildman–Crippen MR) is 108 cm³/mol. The van der Waals surface area contributed by atoms with Gasteiger partial charge in [0.15, 0.2) is 0 Å². The van der Waals surface area contributed by atoms with E-state index in [2.05, 4.69) is 0 Å². The summed E-state index contributed by atoms with van der Waals surface area (Å²) in [5, 5.41) is 1.40. The van der Waals surface area contributed by atoms with Crippen LogP contribution in [0.15, 0.2) is 48.5 Å². The van der Waals surface area contributed by atoms with Crippen LogP contribution in [0.1, 0.15) is 42.9 Å². The molecule has 2 aliphatic rings. The molecule has 0 spiro atoms. The van der Waals surface area contributed by atoms with Crippen molar-refractivity contribution in [1.29, 1.82) is 0 Å². The van der Waals surface area contributed by atoms with E-state index in [0.29, 0.717) is 29.0 Å². The molecule has 1 amide bonds. The highest BCUT2D eigenvalue weighted by Gasteiger charge is 2.37. The number of amides is 1. The number of carbonyl (C=O) groups excluding carboxylic acids is 1. The molecule has 1 aliphatic heterocycles. The van der Waals surface area contributed by atoms with Crippen LogP contribution in [0.2, 0.25) is 10.0 Å². The smallest absolute Gasteiger partial charge is 0.225 e. The van der Waals surface area contributed by atoms with Crippen molar-refractivity contribution in [3.63, 3.8) is 0 Å². The Balaban J connectivity index is 1.45. The molecule has 1 heterocycles. The Morgan fingerprint density at radius 2 is 1.37 bits per heavy atom. The Kier molecular flexibility index (Phi) is 5.72. The molecule has 1 aliphatic carbocycles. The lowest BCUT2D eigenvalue weighted by Crippen LogP contribution is -2.56. The van der Waals surface area contributed by atoms with Crippen LogP contribution in [0.25, 0.3) is 0 Å². The highest BCUT2D eigenvalue weighted by Crippen LogP contribution is 2.33. The lowest BCUT2D eigenvalue weighted by atomic mass is 9.99. The molecule has 0 bridgehead atoms. The SMILES string of the molecule is O=C(C1CCCC1)N1CC(OC(c2ccc(Cl)cc2)c2ccc(Cl)cc2)C1. The lowest BCUT2D eigenvalue weighted by Gasteiger charge is -2.42. The number of carbonyl (C=O) groups is 1. The predicted octanol–water partition coefficient (Wildman–Crippen LogP) is 5.50. The molecule has 1 saturated heterocycles. The zero-order chi connectivity index (χ0) is 18.8. The molecule has 0 N–H and O–H groups in total.